The third kappa shape index (κ3) is 4.69. The molecule has 8 heteroatoms. The first-order valence-electron chi connectivity index (χ1n) is 8.19. The summed E-state index contributed by atoms with van der Waals surface area (Å²) in [6.07, 6.45) is -7.56. The second-order valence-corrected chi connectivity index (χ2v) is 5.88. The number of esters is 2. The Balaban J connectivity index is 1.78. The van der Waals surface area contributed by atoms with Crippen molar-refractivity contribution in [1.82, 2.24) is 0 Å². The monoisotopic (exact) mass is 374 g/mol. The Kier molecular flexibility index (Phi) is 5.82. The molecule has 2 aromatic rings. The first-order valence-corrected chi connectivity index (χ1v) is 8.19. The van der Waals surface area contributed by atoms with E-state index in [2.05, 4.69) is 0 Å². The normalized spacial score (nSPS) is 20.6. The third-order valence-corrected chi connectivity index (χ3v) is 3.95. The zero-order valence-electron chi connectivity index (χ0n) is 14.0. The van der Waals surface area contributed by atoms with Gasteiger partial charge in [-0.1, -0.05) is 36.4 Å². The second kappa shape index (κ2) is 8.28. The Morgan fingerprint density at radius 1 is 0.852 bits per heavy atom. The summed E-state index contributed by atoms with van der Waals surface area (Å²) in [4.78, 5) is 24.6. The highest BCUT2D eigenvalue weighted by Gasteiger charge is 2.52. The maximum absolute atomic E-state index is 12.3. The molecule has 0 aromatic heterocycles. The summed E-state index contributed by atoms with van der Waals surface area (Å²) in [5.74, 6) is -1.63. The highest BCUT2D eigenvalue weighted by atomic mass is 16.7. The molecule has 0 radical (unpaired) electrons. The largest absolute Gasteiger partial charge is 0.452 e. The lowest BCUT2D eigenvalue weighted by atomic mass is 10.1. The SMILES string of the molecule is O=C(O[C@H](C(O)O)[C@H](OC(=O)c1ccccc1)C1OC1O)c1ccccc1. The Bertz CT molecular complexity index is 777. The van der Waals surface area contributed by atoms with Crippen LogP contribution in [0.5, 0.6) is 0 Å². The van der Waals surface area contributed by atoms with E-state index in [0.29, 0.717) is 0 Å². The van der Waals surface area contributed by atoms with E-state index in [1.165, 1.54) is 24.3 Å². The number of benzene rings is 2. The van der Waals surface area contributed by atoms with Crippen molar-refractivity contribution >= 4 is 11.9 Å². The van der Waals surface area contributed by atoms with Gasteiger partial charge < -0.3 is 29.5 Å². The minimum absolute atomic E-state index is 0.175. The van der Waals surface area contributed by atoms with Crippen molar-refractivity contribution in [1.29, 1.82) is 0 Å². The van der Waals surface area contributed by atoms with Crippen LogP contribution in [0.3, 0.4) is 0 Å². The molecule has 2 unspecified atom stereocenters. The number of rotatable bonds is 7. The van der Waals surface area contributed by atoms with E-state index in [0.717, 1.165) is 0 Å². The number of hydrogen-bond acceptors (Lipinski definition) is 8. The quantitative estimate of drug-likeness (QED) is 0.363. The van der Waals surface area contributed by atoms with Gasteiger partial charge in [0.15, 0.2) is 30.9 Å². The van der Waals surface area contributed by atoms with Crippen molar-refractivity contribution in [2.24, 2.45) is 0 Å². The topological polar surface area (TPSA) is 126 Å². The number of epoxide rings is 1. The van der Waals surface area contributed by atoms with E-state index in [-0.39, 0.29) is 11.1 Å². The average Bonchev–Trinajstić information content (AvgIpc) is 3.41. The van der Waals surface area contributed by atoms with Gasteiger partial charge in [-0.15, -0.1) is 0 Å². The molecule has 0 bridgehead atoms. The number of carbonyl (C=O) groups is 2. The molecule has 1 aliphatic rings. The minimum Gasteiger partial charge on any atom is -0.452 e. The summed E-state index contributed by atoms with van der Waals surface area (Å²) in [7, 11) is 0. The Hall–Kier alpha value is -2.78. The highest BCUT2D eigenvalue weighted by molar-refractivity contribution is 5.90. The highest BCUT2D eigenvalue weighted by Crippen LogP contribution is 2.30. The van der Waals surface area contributed by atoms with Crippen LogP contribution in [0.4, 0.5) is 0 Å². The number of ether oxygens (including phenoxy) is 3. The van der Waals surface area contributed by atoms with Gasteiger partial charge in [-0.25, -0.2) is 9.59 Å². The van der Waals surface area contributed by atoms with Crippen molar-refractivity contribution in [3.63, 3.8) is 0 Å². The standard InChI is InChI=1S/C19H18O8/c20-16(21)14(26-18(23)12-9-5-2-6-10-12)13(15-19(24)27-15)25-17(22)11-7-3-1-4-8-11/h1-10,13-16,19-21,24H/t13-,14-,15?,19?/m0/s1. The molecule has 0 spiro atoms. The van der Waals surface area contributed by atoms with Crippen LogP contribution in [0, 0.1) is 0 Å². The van der Waals surface area contributed by atoms with E-state index in [1.807, 2.05) is 0 Å². The van der Waals surface area contributed by atoms with Gasteiger partial charge in [0.2, 0.25) is 0 Å². The Labute approximate surface area is 154 Å². The van der Waals surface area contributed by atoms with Crippen LogP contribution in [0.2, 0.25) is 0 Å². The fourth-order valence-corrected chi connectivity index (χ4v) is 2.51. The summed E-state index contributed by atoms with van der Waals surface area (Å²) in [5.41, 5.74) is 0.381. The zero-order valence-corrected chi connectivity index (χ0v) is 14.0. The van der Waals surface area contributed by atoms with Gasteiger partial charge in [0.05, 0.1) is 11.1 Å². The van der Waals surface area contributed by atoms with Crippen molar-refractivity contribution in [2.75, 3.05) is 0 Å². The minimum atomic E-state index is -2.16. The number of aliphatic hydroxyl groups excluding tert-OH is 2. The number of carbonyl (C=O) groups excluding carboxylic acids is 2. The van der Waals surface area contributed by atoms with Gasteiger partial charge in [-0.2, -0.15) is 0 Å². The van der Waals surface area contributed by atoms with Gasteiger partial charge in [0.25, 0.3) is 0 Å². The van der Waals surface area contributed by atoms with Crippen LogP contribution in [0.15, 0.2) is 60.7 Å². The molecule has 0 amide bonds. The van der Waals surface area contributed by atoms with Crippen LogP contribution >= 0.6 is 0 Å². The Morgan fingerprint density at radius 3 is 1.70 bits per heavy atom. The fourth-order valence-electron chi connectivity index (χ4n) is 2.51. The summed E-state index contributed by atoms with van der Waals surface area (Å²) < 4.78 is 15.3. The molecule has 0 saturated carbocycles. The molecular formula is C19H18O8. The molecule has 1 heterocycles. The molecule has 3 N–H and O–H groups in total. The second-order valence-electron chi connectivity index (χ2n) is 5.88. The van der Waals surface area contributed by atoms with Crippen molar-refractivity contribution in [3.05, 3.63) is 71.8 Å². The summed E-state index contributed by atoms with van der Waals surface area (Å²) >= 11 is 0. The predicted octanol–water partition coefficient (Wildman–Crippen LogP) is 0.465. The summed E-state index contributed by atoms with van der Waals surface area (Å²) in [6.45, 7) is 0. The molecule has 1 aliphatic heterocycles. The molecule has 4 atom stereocenters. The van der Waals surface area contributed by atoms with E-state index >= 15 is 0 Å². The lowest BCUT2D eigenvalue weighted by Gasteiger charge is -2.27. The molecule has 0 aliphatic carbocycles. The van der Waals surface area contributed by atoms with Crippen molar-refractivity contribution < 1.29 is 39.1 Å². The van der Waals surface area contributed by atoms with Gasteiger partial charge in [-0.3, -0.25) is 0 Å². The van der Waals surface area contributed by atoms with Gasteiger partial charge in [0, 0.05) is 0 Å². The third-order valence-electron chi connectivity index (χ3n) is 3.95. The lowest BCUT2D eigenvalue weighted by molar-refractivity contribution is -0.165. The first-order chi connectivity index (χ1) is 13.0. The predicted molar refractivity (Wildman–Crippen MR) is 90.4 cm³/mol. The molecule has 142 valence electrons. The van der Waals surface area contributed by atoms with Gasteiger partial charge in [0.1, 0.15) is 0 Å². The zero-order chi connectivity index (χ0) is 19.4. The van der Waals surface area contributed by atoms with Crippen molar-refractivity contribution in [2.45, 2.75) is 30.9 Å². The molecule has 27 heavy (non-hydrogen) atoms. The molecule has 3 rings (SSSR count). The molecular weight excluding hydrogens is 356 g/mol. The van der Waals surface area contributed by atoms with Crippen LogP contribution in [0.25, 0.3) is 0 Å². The van der Waals surface area contributed by atoms with Crippen LogP contribution in [-0.2, 0) is 14.2 Å². The fraction of sp³-hybridized carbons (Fsp3) is 0.263. The van der Waals surface area contributed by atoms with Crippen LogP contribution in [0.1, 0.15) is 20.7 Å². The van der Waals surface area contributed by atoms with E-state index in [4.69, 9.17) is 14.2 Å². The molecule has 2 aromatic carbocycles. The average molecular weight is 374 g/mol. The van der Waals surface area contributed by atoms with Crippen LogP contribution in [-0.4, -0.2) is 58.2 Å². The maximum Gasteiger partial charge on any atom is 0.338 e. The smallest absolute Gasteiger partial charge is 0.338 e. The van der Waals surface area contributed by atoms with E-state index < -0.39 is 42.8 Å². The maximum atomic E-state index is 12.3. The van der Waals surface area contributed by atoms with Gasteiger partial charge >= 0.3 is 11.9 Å². The first kappa shape index (κ1) is 19.0. The van der Waals surface area contributed by atoms with Crippen molar-refractivity contribution in [3.8, 4) is 0 Å². The lowest BCUT2D eigenvalue weighted by Crippen LogP contribution is -2.47. The van der Waals surface area contributed by atoms with E-state index in [1.54, 1.807) is 36.4 Å². The Morgan fingerprint density at radius 2 is 1.30 bits per heavy atom. The van der Waals surface area contributed by atoms with Gasteiger partial charge in [-0.05, 0) is 24.3 Å². The summed E-state index contributed by atoms with van der Waals surface area (Å²) in [5, 5.41) is 28.9. The summed E-state index contributed by atoms with van der Waals surface area (Å²) in [6, 6.07) is 15.9. The molecule has 1 saturated heterocycles. The number of aliphatic hydroxyl groups is 3. The van der Waals surface area contributed by atoms with E-state index in [9.17, 15) is 24.9 Å². The molecule has 8 nitrogen and oxygen atoms in total. The number of hydrogen-bond donors (Lipinski definition) is 3. The van der Waals surface area contributed by atoms with Crippen LogP contribution < -0.4 is 0 Å². The molecule has 1 fully saturated rings.